The third kappa shape index (κ3) is 1.91. The molecule has 14 heavy (non-hydrogen) atoms. The molecular weight excluding hydrogens is 200 g/mol. The molecule has 1 amide bonds. The lowest BCUT2D eigenvalue weighted by molar-refractivity contribution is 0.0925. The Bertz CT molecular complexity index is 320. The van der Waals surface area contributed by atoms with E-state index in [1.54, 1.807) is 5.38 Å². The number of hydrogen-bond donors (Lipinski definition) is 2. The van der Waals surface area contributed by atoms with Crippen LogP contribution in [0.25, 0.3) is 0 Å². The fourth-order valence-corrected chi connectivity index (χ4v) is 1.85. The highest BCUT2D eigenvalue weighted by Crippen LogP contribution is 2.28. The van der Waals surface area contributed by atoms with Crippen molar-refractivity contribution in [3.63, 3.8) is 0 Å². The minimum absolute atomic E-state index is 0.181. The largest absolute Gasteiger partial charge is 0.349 e. The minimum atomic E-state index is -0.185. The van der Waals surface area contributed by atoms with E-state index in [4.69, 9.17) is 5.73 Å². The van der Waals surface area contributed by atoms with Gasteiger partial charge in [-0.1, -0.05) is 4.49 Å². The normalized spacial score (nSPS) is 18.6. The first-order valence-corrected chi connectivity index (χ1v) is 5.37. The molecule has 0 radical (unpaired) electrons. The summed E-state index contributed by atoms with van der Waals surface area (Å²) in [6.45, 7) is 0.531. The molecular formula is C8H12N4OS. The number of nitrogens with zero attached hydrogens (tertiary/aromatic N) is 2. The summed E-state index contributed by atoms with van der Waals surface area (Å²) >= 11 is 1.17. The predicted molar refractivity (Wildman–Crippen MR) is 53.0 cm³/mol. The van der Waals surface area contributed by atoms with Crippen LogP contribution in [-0.2, 0) is 0 Å². The molecule has 1 fully saturated rings. The van der Waals surface area contributed by atoms with Gasteiger partial charge in [-0.3, -0.25) is 4.79 Å². The Morgan fingerprint density at radius 1 is 1.71 bits per heavy atom. The highest BCUT2D eigenvalue weighted by atomic mass is 32.1. The SMILES string of the molecule is NC1(CNC(=O)c2csnn2)CCC1. The van der Waals surface area contributed by atoms with Crippen LogP contribution in [0.5, 0.6) is 0 Å². The first kappa shape index (κ1) is 9.54. The summed E-state index contributed by atoms with van der Waals surface area (Å²) in [7, 11) is 0. The smallest absolute Gasteiger partial charge is 0.272 e. The maximum absolute atomic E-state index is 11.4. The van der Waals surface area contributed by atoms with Crippen molar-refractivity contribution < 1.29 is 4.79 Å². The summed E-state index contributed by atoms with van der Waals surface area (Å²) in [4.78, 5) is 11.4. The molecule has 0 aliphatic heterocycles. The van der Waals surface area contributed by atoms with E-state index in [9.17, 15) is 4.79 Å². The van der Waals surface area contributed by atoms with E-state index in [1.165, 1.54) is 11.5 Å². The fourth-order valence-electron chi connectivity index (χ4n) is 1.42. The van der Waals surface area contributed by atoms with Crippen molar-refractivity contribution in [2.75, 3.05) is 6.54 Å². The lowest BCUT2D eigenvalue weighted by Gasteiger charge is -2.37. The molecule has 0 aromatic carbocycles. The van der Waals surface area contributed by atoms with Gasteiger partial charge in [-0.25, -0.2) is 0 Å². The quantitative estimate of drug-likeness (QED) is 0.747. The molecule has 76 valence electrons. The summed E-state index contributed by atoms with van der Waals surface area (Å²) in [6.07, 6.45) is 3.13. The molecule has 2 rings (SSSR count). The Hall–Kier alpha value is -1.01. The molecule has 0 atom stereocenters. The molecule has 1 heterocycles. The highest BCUT2D eigenvalue weighted by Gasteiger charge is 2.32. The van der Waals surface area contributed by atoms with E-state index < -0.39 is 0 Å². The highest BCUT2D eigenvalue weighted by molar-refractivity contribution is 7.03. The van der Waals surface area contributed by atoms with Gasteiger partial charge in [0, 0.05) is 17.5 Å². The van der Waals surface area contributed by atoms with Gasteiger partial charge in [-0.15, -0.1) is 5.10 Å². The van der Waals surface area contributed by atoms with E-state index in [1.807, 2.05) is 0 Å². The number of nitrogens with two attached hydrogens (primary N) is 1. The number of amides is 1. The van der Waals surface area contributed by atoms with Crippen LogP contribution < -0.4 is 11.1 Å². The molecule has 1 aliphatic carbocycles. The Kier molecular flexibility index (Phi) is 2.47. The Balaban J connectivity index is 1.84. The lowest BCUT2D eigenvalue weighted by atomic mass is 9.78. The van der Waals surface area contributed by atoms with Crippen molar-refractivity contribution in [1.82, 2.24) is 14.9 Å². The van der Waals surface area contributed by atoms with Crippen LogP contribution in [-0.4, -0.2) is 27.6 Å². The first-order chi connectivity index (χ1) is 6.70. The average molecular weight is 212 g/mol. The Morgan fingerprint density at radius 2 is 2.50 bits per heavy atom. The van der Waals surface area contributed by atoms with Gasteiger partial charge in [-0.05, 0) is 30.8 Å². The van der Waals surface area contributed by atoms with Crippen LogP contribution in [0.2, 0.25) is 0 Å². The van der Waals surface area contributed by atoms with Crippen LogP contribution in [0.3, 0.4) is 0 Å². The van der Waals surface area contributed by atoms with E-state index in [0.717, 1.165) is 19.3 Å². The maximum atomic E-state index is 11.4. The van der Waals surface area contributed by atoms with Crippen LogP contribution in [0.15, 0.2) is 5.38 Å². The lowest BCUT2D eigenvalue weighted by Crippen LogP contribution is -2.54. The summed E-state index contributed by atoms with van der Waals surface area (Å²) < 4.78 is 3.62. The van der Waals surface area contributed by atoms with Crippen LogP contribution in [0, 0.1) is 0 Å². The molecule has 0 bridgehead atoms. The number of carbonyl (C=O) groups excluding carboxylic acids is 1. The van der Waals surface area contributed by atoms with Gasteiger partial charge in [-0.2, -0.15) is 0 Å². The number of rotatable bonds is 3. The summed E-state index contributed by atoms with van der Waals surface area (Å²) in [5.74, 6) is -0.185. The van der Waals surface area contributed by atoms with E-state index in [0.29, 0.717) is 12.2 Å². The molecule has 1 aliphatic rings. The van der Waals surface area contributed by atoms with E-state index in [2.05, 4.69) is 14.9 Å². The van der Waals surface area contributed by atoms with Crippen molar-refractivity contribution in [2.24, 2.45) is 5.73 Å². The Morgan fingerprint density at radius 3 is 3.00 bits per heavy atom. The Labute approximate surface area is 85.9 Å². The summed E-state index contributed by atoms with van der Waals surface area (Å²) in [5.41, 5.74) is 6.15. The zero-order valence-electron chi connectivity index (χ0n) is 7.69. The summed E-state index contributed by atoms with van der Waals surface area (Å²) in [5, 5.41) is 8.07. The molecule has 0 unspecified atom stereocenters. The molecule has 5 nitrogen and oxygen atoms in total. The van der Waals surface area contributed by atoms with Gasteiger partial charge in [0.2, 0.25) is 0 Å². The van der Waals surface area contributed by atoms with Crippen LogP contribution in [0.4, 0.5) is 0 Å². The average Bonchev–Trinajstić information content (AvgIpc) is 2.63. The van der Waals surface area contributed by atoms with Crippen molar-refractivity contribution >= 4 is 17.4 Å². The fraction of sp³-hybridized carbons (Fsp3) is 0.625. The second-order valence-corrected chi connectivity index (χ2v) is 4.30. The van der Waals surface area contributed by atoms with Crippen LogP contribution >= 0.6 is 11.5 Å². The van der Waals surface area contributed by atoms with Gasteiger partial charge in [0.15, 0.2) is 5.69 Å². The molecule has 0 spiro atoms. The van der Waals surface area contributed by atoms with Crippen molar-refractivity contribution in [1.29, 1.82) is 0 Å². The number of aromatic nitrogens is 2. The van der Waals surface area contributed by atoms with Gasteiger partial charge < -0.3 is 11.1 Å². The van der Waals surface area contributed by atoms with Gasteiger partial charge in [0.05, 0.1) is 0 Å². The van der Waals surface area contributed by atoms with Crippen LogP contribution in [0.1, 0.15) is 29.8 Å². The molecule has 1 saturated carbocycles. The second kappa shape index (κ2) is 3.62. The topological polar surface area (TPSA) is 80.9 Å². The third-order valence-electron chi connectivity index (χ3n) is 2.54. The van der Waals surface area contributed by atoms with E-state index >= 15 is 0 Å². The van der Waals surface area contributed by atoms with Crippen molar-refractivity contribution in [3.8, 4) is 0 Å². The van der Waals surface area contributed by atoms with Gasteiger partial charge in [0.1, 0.15) is 0 Å². The molecule has 6 heteroatoms. The molecule has 3 N–H and O–H groups in total. The number of carbonyl (C=O) groups is 1. The van der Waals surface area contributed by atoms with Crippen molar-refractivity contribution in [3.05, 3.63) is 11.1 Å². The summed E-state index contributed by atoms with van der Waals surface area (Å²) in [6, 6.07) is 0. The zero-order chi connectivity index (χ0) is 10.0. The predicted octanol–water partition coefficient (Wildman–Crippen LogP) is 0.149. The number of hydrogen-bond acceptors (Lipinski definition) is 5. The molecule has 1 aromatic rings. The second-order valence-electron chi connectivity index (χ2n) is 3.69. The van der Waals surface area contributed by atoms with Gasteiger partial charge in [0.25, 0.3) is 5.91 Å². The van der Waals surface area contributed by atoms with Gasteiger partial charge >= 0.3 is 0 Å². The van der Waals surface area contributed by atoms with Crippen molar-refractivity contribution in [2.45, 2.75) is 24.8 Å². The third-order valence-corrected chi connectivity index (χ3v) is 3.05. The maximum Gasteiger partial charge on any atom is 0.272 e. The van der Waals surface area contributed by atoms with E-state index in [-0.39, 0.29) is 11.4 Å². The first-order valence-electron chi connectivity index (χ1n) is 4.54. The minimum Gasteiger partial charge on any atom is -0.349 e. The number of nitrogens with one attached hydrogen (secondary N) is 1. The standard InChI is InChI=1S/C8H12N4OS/c9-8(2-1-3-8)5-10-7(13)6-4-14-12-11-6/h4H,1-3,5,9H2,(H,10,13). The molecule has 0 saturated heterocycles. The molecule has 1 aromatic heterocycles. The monoisotopic (exact) mass is 212 g/mol. The zero-order valence-corrected chi connectivity index (χ0v) is 8.51.